The lowest BCUT2D eigenvalue weighted by Crippen LogP contribution is -2.52. The van der Waals surface area contributed by atoms with Crippen LogP contribution in [0.4, 0.5) is 0 Å². The number of carbonyl (C=O) groups excluding carboxylic acids is 2. The number of fused-ring (bicyclic) bond motifs is 1. The Bertz CT molecular complexity index is 853. The molecule has 0 radical (unpaired) electrons. The minimum Gasteiger partial charge on any atom is -0.297 e. The maximum absolute atomic E-state index is 13.2. The largest absolute Gasteiger partial charge is 0.297 e. The third kappa shape index (κ3) is 2.09. The molecule has 1 aliphatic heterocycles. The van der Waals surface area contributed by atoms with Crippen molar-refractivity contribution >= 4 is 21.7 Å². The highest BCUT2D eigenvalue weighted by molar-refractivity contribution is 7.90. The van der Waals surface area contributed by atoms with E-state index in [2.05, 4.69) is 0 Å². The Kier molecular flexibility index (Phi) is 3.07. The van der Waals surface area contributed by atoms with Crippen LogP contribution in [0.3, 0.4) is 0 Å². The highest BCUT2D eigenvalue weighted by Crippen LogP contribution is 2.60. The molecule has 5 aliphatic rings. The fourth-order valence-electron chi connectivity index (χ4n) is 6.14. The minimum atomic E-state index is -3.90. The number of sulfonamides is 1. The molecule has 6 rings (SSSR count). The third-order valence-electron chi connectivity index (χ3n) is 6.83. The number of hydrogen-bond donors (Lipinski definition) is 0. The van der Waals surface area contributed by atoms with Crippen LogP contribution in [0, 0.1) is 23.2 Å². The van der Waals surface area contributed by atoms with E-state index in [9.17, 15) is 18.0 Å². The summed E-state index contributed by atoms with van der Waals surface area (Å²) in [5, 5.41) is 0. The van der Waals surface area contributed by atoms with Crippen LogP contribution in [0.2, 0.25) is 0 Å². The second-order valence-electron chi connectivity index (χ2n) is 8.43. The van der Waals surface area contributed by atoms with Crippen molar-refractivity contribution in [3.8, 4) is 0 Å². The molecule has 4 fully saturated rings. The van der Waals surface area contributed by atoms with Gasteiger partial charge >= 0.3 is 0 Å². The smallest absolute Gasteiger partial charge is 0.269 e. The summed E-state index contributed by atoms with van der Waals surface area (Å²) in [7, 11) is -3.90. The zero-order chi connectivity index (χ0) is 17.4. The quantitative estimate of drug-likeness (QED) is 0.832. The molecular weight excluding hydrogens is 338 g/mol. The van der Waals surface area contributed by atoms with E-state index in [1.54, 1.807) is 12.1 Å². The molecule has 1 heterocycles. The van der Waals surface area contributed by atoms with E-state index in [1.807, 2.05) is 0 Å². The predicted molar refractivity (Wildman–Crippen MR) is 90.3 cm³/mol. The first-order valence-electron chi connectivity index (χ1n) is 9.08. The summed E-state index contributed by atoms with van der Waals surface area (Å²) in [6.07, 6.45) is 6.31. The Morgan fingerprint density at radius 3 is 2.16 bits per heavy atom. The zero-order valence-corrected chi connectivity index (χ0v) is 14.8. The van der Waals surface area contributed by atoms with Crippen molar-refractivity contribution in [3.63, 3.8) is 0 Å². The second-order valence-corrected chi connectivity index (χ2v) is 10.3. The molecule has 6 heteroatoms. The normalized spacial score (nSPS) is 37.4. The van der Waals surface area contributed by atoms with Crippen LogP contribution >= 0.6 is 0 Å². The van der Waals surface area contributed by atoms with E-state index in [1.165, 1.54) is 31.4 Å². The fraction of sp³-hybridized carbons (Fsp3) is 0.579. The van der Waals surface area contributed by atoms with E-state index in [0.717, 1.165) is 23.6 Å². The van der Waals surface area contributed by atoms with E-state index >= 15 is 0 Å². The molecular formula is C19H21NO4S. The maximum Gasteiger partial charge on any atom is 0.269 e. The predicted octanol–water partition coefficient (Wildman–Crippen LogP) is 2.62. The van der Waals surface area contributed by atoms with Crippen LogP contribution in [-0.4, -0.2) is 31.0 Å². The summed E-state index contributed by atoms with van der Waals surface area (Å²) in [6.45, 7) is -0.304. The molecule has 0 unspecified atom stereocenters. The molecule has 4 aliphatic carbocycles. The standard InChI is InChI=1S/C19H21NO4S/c21-17(19-8-12-5-13(9-19)7-14(6-12)10-19)11-20-18(22)15-3-1-2-4-16(15)25(20,23)24/h1-4,12-14H,5-11H2. The van der Waals surface area contributed by atoms with Crippen LogP contribution in [-0.2, 0) is 14.8 Å². The molecule has 4 bridgehead atoms. The summed E-state index contributed by atoms with van der Waals surface area (Å²) in [5.74, 6) is 1.22. The molecule has 1 aromatic rings. The topological polar surface area (TPSA) is 71.5 Å². The Balaban J connectivity index is 1.45. The van der Waals surface area contributed by atoms with E-state index in [0.29, 0.717) is 17.8 Å². The average molecular weight is 359 g/mol. The van der Waals surface area contributed by atoms with Gasteiger partial charge in [-0.3, -0.25) is 9.59 Å². The zero-order valence-electron chi connectivity index (χ0n) is 14.0. The van der Waals surface area contributed by atoms with Gasteiger partial charge in [-0.25, -0.2) is 12.7 Å². The third-order valence-corrected chi connectivity index (χ3v) is 8.62. The van der Waals surface area contributed by atoms with Crippen LogP contribution in [0.1, 0.15) is 48.9 Å². The number of Topliss-reactive ketones (excluding diaryl/α,β-unsaturated/α-hetero) is 1. The van der Waals surface area contributed by atoms with Crippen molar-refractivity contribution in [1.82, 2.24) is 4.31 Å². The SMILES string of the molecule is O=C1c2ccccc2S(=O)(=O)N1CC(=O)C12CC3CC(CC(C3)C1)C2. The summed E-state index contributed by atoms with van der Waals surface area (Å²) in [4.78, 5) is 25.8. The number of benzene rings is 1. The van der Waals surface area contributed by atoms with Crippen molar-refractivity contribution in [2.45, 2.75) is 43.4 Å². The Labute approximate surface area is 147 Å². The van der Waals surface area contributed by atoms with E-state index < -0.39 is 15.9 Å². The molecule has 4 saturated carbocycles. The van der Waals surface area contributed by atoms with Crippen LogP contribution < -0.4 is 0 Å². The van der Waals surface area contributed by atoms with Gasteiger partial charge < -0.3 is 0 Å². The molecule has 1 aromatic carbocycles. The lowest BCUT2D eigenvalue weighted by Gasteiger charge is -2.56. The molecule has 0 N–H and O–H groups in total. The van der Waals surface area contributed by atoms with Gasteiger partial charge in [0.1, 0.15) is 4.90 Å². The van der Waals surface area contributed by atoms with Gasteiger partial charge in [0.25, 0.3) is 15.9 Å². The monoisotopic (exact) mass is 359 g/mol. The molecule has 0 saturated heterocycles. The number of ketones is 1. The molecule has 0 atom stereocenters. The molecule has 5 nitrogen and oxygen atoms in total. The summed E-state index contributed by atoms with van der Waals surface area (Å²) < 4.78 is 26.2. The highest BCUT2D eigenvalue weighted by atomic mass is 32.2. The van der Waals surface area contributed by atoms with Crippen molar-refractivity contribution in [2.24, 2.45) is 23.2 Å². The second kappa shape index (κ2) is 4.93. The van der Waals surface area contributed by atoms with Gasteiger partial charge in [0, 0.05) is 5.41 Å². The number of rotatable bonds is 3. The molecule has 0 spiro atoms. The van der Waals surface area contributed by atoms with Crippen molar-refractivity contribution < 1.29 is 18.0 Å². The molecule has 25 heavy (non-hydrogen) atoms. The van der Waals surface area contributed by atoms with Gasteiger partial charge in [-0.15, -0.1) is 0 Å². The van der Waals surface area contributed by atoms with Gasteiger partial charge in [0.15, 0.2) is 5.78 Å². The Morgan fingerprint density at radius 1 is 1.04 bits per heavy atom. The summed E-state index contributed by atoms with van der Waals surface area (Å²) >= 11 is 0. The summed E-state index contributed by atoms with van der Waals surface area (Å²) in [5.41, 5.74) is -0.208. The minimum absolute atomic E-state index is 0.0262. The fourth-order valence-corrected chi connectivity index (χ4v) is 7.66. The van der Waals surface area contributed by atoms with Gasteiger partial charge in [-0.05, 0) is 68.4 Å². The van der Waals surface area contributed by atoms with Gasteiger partial charge in [-0.1, -0.05) is 12.1 Å². The van der Waals surface area contributed by atoms with Crippen LogP contribution in [0.5, 0.6) is 0 Å². The van der Waals surface area contributed by atoms with Crippen molar-refractivity contribution in [2.75, 3.05) is 6.54 Å². The first kappa shape index (κ1) is 15.6. The highest BCUT2D eigenvalue weighted by Gasteiger charge is 2.55. The lowest BCUT2D eigenvalue weighted by molar-refractivity contribution is -0.143. The Hall–Kier alpha value is -1.69. The Morgan fingerprint density at radius 2 is 1.60 bits per heavy atom. The number of nitrogens with zero attached hydrogens (tertiary/aromatic N) is 1. The van der Waals surface area contributed by atoms with Crippen molar-refractivity contribution in [3.05, 3.63) is 29.8 Å². The first-order chi connectivity index (χ1) is 11.9. The van der Waals surface area contributed by atoms with Gasteiger partial charge in [-0.2, -0.15) is 0 Å². The molecule has 1 amide bonds. The maximum atomic E-state index is 13.2. The number of carbonyl (C=O) groups is 2. The van der Waals surface area contributed by atoms with Crippen LogP contribution in [0.15, 0.2) is 29.2 Å². The lowest BCUT2D eigenvalue weighted by atomic mass is 9.48. The average Bonchev–Trinajstić information content (AvgIpc) is 2.75. The van der Waals surface area contributed by atoms with Crippen LogP contribution in [0.25, 0.3) is 0 Å². The van der Waals surface area contributed by atoms with Gasteiger partial charge in [0.05, 0.1) is 12.1 Å². The number of hydrogen-bond acceptors (Lipinski definition) is 4. The number of amides is 1. The summed E-state index contributed by atoms with van der Waals surface area (Å²) in [6, 6.07) is 6.22. The molecule has 132 valence electrons. The van der Waals surface area contributed by atoms with Gasteiger partial charge in [0.2, 0.25) is 0 Å². The first-order valence-corrected chi connectivity index (χ1v) is 10.5. The van der Waals surface area contributed by atoms with E-state index in [4.69, 9.17) is 0 Å². The van der Waals surface area contributed by atoms with Crippen molar-refractivity contribution in [1.29, 1.82) is 0 Å². The molecule has 0 aromatic heterocycles. The van der Waals surface area contributed by atoms with E-state index in [-0.39, 0.29) is 28.2 Å².